The minimum Gasteiger partial charge on any atom is -0.385 e. The Hall–Kier alpha value is -3.13. The second-order valence-corrected chi connectivity index (χ2v) is 12.1. The van der Waals surface area contributed by atoms with Gasteiger partial charge in [0.2, 0.25) is 15.9 Å². The predicted molar refractivity (Wildman–Crippen MR) is 149 cm³/mol. The zero-order chi connectivity index (χ0) is 27.1. The van der Waals surface area contributed by atoms with Crippen molar-refractivity contribution in [1.82, 2.24) is 5.32 Å². The van der Waals surface area contributed by atoms with Gasteiger partial charge in [0.25, 0.3) is 0 Å². The van der Waals surface area contributed by atoms with Crippen molar-refractivity contribution < 1.29 is 17.6 Å². The molecule has 0 saturated heterocycles. The highest BCUT2D eigenvalue weighted by atomic mass is 32.2. The standard InChI is InChI=1S/C28H38FN3O3S/c1-8-21-15-20(16-24(29)27(21)32-36(7,34)35)18-31-26(33)12-10-22-9-11-23(28(4,5)6)17-25(22)30-14-13-19(2)3/h8-12,15-17,19,30,32H,1,13-14,18H2,2-7H3,(H,31,33). The lowest BCUT2D eigenvalue weighted by Crippen LogP contribution is -2.20. The number of rotatable bonds is 11. The molecule has 196 valence electrons. The summed E-state index contributed by atoms with van der Waals surface area (Å²) < 4.78 is 39.7. The van der Waals surface area contributed by atoms with Crippen molar-refractivity contribution in [2.45, 2.75) is 53.0 Å². The van der Waals surface area contributed by atoms with Gasteiger partial charge in [-0.1, -0.05) is 59.4 Å². The molecule has 36 heavy (non-hydrogen) atoms. The molecule has 8 heteroatoms. The Kier molecular flexibility index (Phi) is 9.87. The first-order chi connectivity index (χ1) is 16.7. The molecule has 0 aromatic heterocycles. The molecular weight excluding hydrogens is 477 g/mol. The molecule has 0 bridgehead atoms. The molecule has 2 aromatic carbocycles. The van der Waals surface area contributed by atoms with E-state index in [4.69, 9.17) is 0 Å². The Morgan fingerprint density at radius 2 is 1.83 bits per heavy atom. The minimum absolute atomic E-state index is 0.0000455. The number of hydrogen-bond acceptors (Lipinski definition) is 4. The molecule has 1 amide bonds. The maximum absolute atomic E-state index is 14.5. The number of halogens is 1. The van der Waals surface area contributed by atoms with Crippen LogP contribution in [0.2, 0.25) is 0 Å². The Morgan fingerprint density at radius 1 is 1.14 bits per heavy atom. The quantitative estimate of drug-likeness (QED) is 0.324. The highest BCUT2D eigenvalue weighted by molar-refractivity contribution is 7.92. The fraction of sp³-hybridized carbons (Fsp3) is 0.393. The highest BCUT2D eigenvalue weighted by Gasteiger charge is 2.16. The van der Waals surface area contributed by atoms with Crippen LogP contribution in [0.15, 0.2) is 43.0 Å². The van der Waals surface area contributed by atoms with Crippen LogP contribution in [-0.2, 0) is 26.8 Å². The summed E-state index contributed by atoms with van der Waals surface area (Å²) >= 11 is 0. The zero-order valence-corrected chi connectivity index (χ0v) is 22.9. The molecule has 0 radical (unpaired) electrons. The van der Waals surface area contributed by atoms with Gasteiger partial charge in [0, 0.05) is 30.4 Å². The van der Waals surface area contributed by atoms with Crippen molar-refractivity contribution in [2.24, 2.45) is 5.92 Å². The number of sulfonamides is 1. The second kappa shape index (κ2) is 12.2. The van der Waals surface area contributed by atoms with Gasteiger partial charge in [-0.15, -0.1) is 0 Å². The smallest absolute Gasteiger partial charge is 0.244 e. The SMILES string of the molecule is C=Cc1cc(CNC(=O)C=Cc2ccc(C(C)(C)C)cc2NCCC(C)C)cc(F)c1NS(C)(=O)=O. The molecule has 0 atom stereocenters. The number of amides is 1. The Balaban J connectivity index is 2.15. The number of nitrogens with one attached hydrogen (secondary N) is 3. The lowest BCUT2D eigenvalue weighted by Gasteiger charge is -2.21. The molecule has 0 aliphatic carbocycles. The first-order valence-electron chi connectivity index (χ1n) is 12.0. The lowest BCUT2D eigenvalue weighted by molar-refractivity contribution is -0.116. The molecule has 2 aromatic rings. The van der Waals surface area contributed by atoms with Gasteiger partial charge < -0.3 is 10.6 Å². The third-order valence-corrected chi connectivity index (χ3v) is 6.10. The average Bonchev–Trinajstić information content (AvgIpc) is 2.76. The van der Waals surface area contributed by atoms with Crippen molar-refractivity contribution in [3.8, 4) is 0 Å². The van der Waals surface area contributed by atoms with Gasteiger partial charge in [-0.25, -0.2) is 12.8 Å². The van der Waals surface area contributed by atoms with E-state index in [0.29, 0.717) is 11.5 Å². The van der Waals surface area contributed by atoms with E-state index < -0.39 is 15.8 Å². The minimum atomic E-state index is -3.65. The van der Waals surface area contributed by atoms with E-state index in [1.807, 2.05) is 6.07 Å². The lowest BCUT2D eigenvalue weighted by atomic mass is 9.86. The maximum Gasteiger partial charge on any atom is 0.244 e. The van der Waals surface area contributed by atoms with Crippen molar-refractivity contribution in [3.05, 3.63) is 71.1 Å². The fourth-order valence-corrected chi connectivity index (χ4v) is 4.06. The third kappa shape index (κ3) is 9.15. The summed E-state index contributed by atoms with van der Waals surface area (Å²) in [6.45, 7) is 15.4. The summed E-state index contributed by atoms with van der Waals surface area (Å²) in [5.74, 6) is -0.494. The molecule has 0 spiro atoms. The van der Waals surface area contributed by atoms with Gasteiger partial charge in [0.15, 0.2) is 0 Å². The Labute approximate surface area is 215 Å². The van der Waals surface area contributed by atoms with E-state index in [1.165, 1.54) is 23.8 Å². The topological polar surface area (TPSA) is 87.3 Å². The van der Waals surface area contributed by atoms with E-state index in [0.717, 1.165) is 30.5 Å². The first kappa shape index (κ1) is 29.1. The van der Waals surface area contributed by atoms with Crippen LogP contribution in [0.4, 0.5) is 15.8 Å². The van der Waals surface area contributed by atoms with Crippen LogP contribution in [0.25, 0.3) is 12.2 Å². The molecule has 3 N–H and O–H groups in total. The van der Waals surface area contributed by atoms with Crippen molar-refractivity contribution >= 4 is 39.5 Å². The van der Waals surface area contributed by atoms with Gasteiger partial charge in [-0.05, 0) is 58.7 Å². The summed E-state index contributed by atoms with van der Waals surface area (Å²) in [7, 11) is -3.65. The fourth-order valence-electron chi connectivity index (χ4n) is 3.47. The largest absolute Gasteiger partial charge is 0.385 e. The van der Waals surface area contributed by atoms with Crippen LogP contribution in [-0.4, -0.2) is 27.1 Å². The van der Waals surface area contributed by atoms with Gasteiger partial charge >= 0.3 is 0 Å². The summed E-state index contributed by atoms with van der Waals surface area (Å²) in [6.07, 6.45) is 6.54. The van der Waals surface area contributed by atoms with Crippen LogP contribution >= 0.6 is 0 Å². The van der Waals surface area contributed by atoms with Crippen LogP contribution in [0.1, 0.15) is 63.3 Å². The number of anilines is 2. The number of carbonyl (C=O) groups excluding carboxylic acids is 1. The first-order valence-corrected chi connectivity index (χ1v) is 13.9. The van der Waals surface area contributed by atoms with E-state index in [-0.39, 0.29) is 29.1 Å². The monoisotopic (exact) mass is 515 g/mol. The number of hydrogen-bond donors (Lipinski definition) is 3. The van der Waals surface area contributed by atoms with Crippen molar-refractivity contribution in [3.63, 3.8) is 0 Å². The van der Waals surface area contributed by atoms with Crippen LogP contribution in [0.3, 0.4) is 0 Å². The third-order valence-electron chi connectivity index (χ3n) is 5.53. The van der Waals surface area contributed by atoms with E-state index >= 15 is 0 Å². The average molecular weight is 516 g/mol. The Morgan fingerprint density at radius 3 is 2.42 bits per heavy atom. The van der Waals surface area contributed by atoms with Gasteiger partial charge in [0.1, 0.15) is 5.82 Å². The summed E-state index contributed by atoms with van der Waals surface area (Å²) in [4.78, 5) is 12.5. The molecule has 0 aliphatic rings. The maximum atomic E-state index is 14.5. The van der Waals surface area contributed by atoms with E-state index in [2.05, 4.69) is 68.7 Å². The van der Waals surface area contributed by atoms with Crippen LogP contribution in [0.5, 0.6) is 0 Å². The number of benzene rings is 2. The highest BCUT2D eigenvalue weighted by Crippen LogP contribution is 2.28. The molecule has 0 heterocycles. The molecular formula is C28H38FN3O3S. The van der Waals surface area contributed by atoms with Crippen molar-refractivity contribution in [1.29, 1.82) is 0 Å². The number of carbonyl (C=O) groups is 1. The van der Waals surface area contributed by atoms with Crippen LogP contribution < -0.4 is 15.4 Å². The van der Waals surface area contributed by atoms with Crippen molar-refractivity contribution in [2.75, 3.05) is 22.8 Å². The van der Waals surface area contributed by atoms with Gasteiger partial charge in [0.05, 0.1) is 11.9 Å². The molecule has 0 aliphatic heterocycles. The van der Waals surface area contributed by atoms with Gasteiger partial charge in [-0.2, -0.15) is 0 Å². The summed E-state index contributed by atoms with van der Waals surface area (Å²) in [5, 5.41) is 6.24. The van der Waals surface area contributed by atoms with Crippen LogP contribution in [0, 0.1) is 11.7 Å². The molecule has 2 rings (SSSR count). The molecule has 6 nitrogen and oxygen atoms in total. The Bertz CT molecular complexity index is 1230. The zero-order valence-electron chi connectivity index (χ0n) is 22.0. The summed E-state index contributed by atoms with van der Waals surface area (Å²) in [6, 6.07) is 8.96. The molecule has 0 unspecified atom stereocenters. The second-order valence-electron chi connectivity index (χ2n) is 10.3. The van der Waals surface area contributed by atoms with Gasteiger partial charge in [-0.3, -0.25) is 9.52 Å². The van der Waals surface area contributed by atoms with E-state index in [1.54, 1.807) is 12.1 Å². The predicted octanol–water partition coefficient (Wildman–Crippen LogP) is 5.93. The normalized spacial score (nSPS) is 12.1. The molecule has 0 fully saturated rings. The summed E-state index contributed by atoms with van der Waals surface area (Å²) in [5.41, 5.74) is 3.67. The van der Waals surface area contributed by atoms with E-state index in [9.17, 15) is 17.6 Å². The molecule has 0 saturated carbocycles.